The molecule has 1 saturated carbocycles. The standard InChI is InChI=1S/C13H19N3O3S/c1-15-9-10(8-14-15)20(18,19)16-7-3-5-12(16)11-4-2-6-13(11)17/h8-9,11-12H,2-7H2,1H3. The molecule has 0 amide bonds. The molecule has 2 atom stereocenters. The number of aryl methyl sites for hydroxylation is 1. The van der Waals surface area contributed by atoms with Crippen molar-refractivity contribution < 1.29 is 13.2 Å². The van der Waals surface area contributed by atoms with Gasteiger partial charge in [-0.05, 0) is 25.7 Å². The Bertz CT molecular complexity index is 623. The van der Waals surface area contributed by atoms with Gasteiger partial charge in [-0.25, -0.2) is 8.42 Å². The average molecular weight is 297 g/mol. The van der Waals surface area contributed by atoms with E-state index in [1.807, 2.05) is 0 Å². The van der Waals surface area contributed by atoms with Crippen LogP contribution in [0.1, 0.15) is 32.1 Å². The first-order valence-electron chi connectivity index (χ1n) is 7.03. The number of rotatable bonds is 3. The Kier molecular flexibility index (Phi) is 3.41. The van der Waals surface area contributed by atoms with Crippen LogP contribution in [-0.4, -0.2) is 40.9 Å². The van der Waals surface area contributed by atoms with Crippen LogP contribution in [0.4, 0.5) is 0 Å². The molecule has 3 rings (SSSR count). The van der Waals surface area contributed by atoms with Gasteiger partial charge in [-0.2, -0.15) is 9.40 Å². The van der Waals surface area contributed by atoms with Crippen molar-refractivity contribution in [2.24, 2.45) is 13.0 Å². The molecule has 2 fully saturated rings. The number of hydrogen-bond acceptors (Lipinski definition) is 4. The number of ketones is 1. The first kappa shape index (κ1) is 13.8. The lowest BCUT2D eigenvalue weighted by molar-refractivity contribution is -0.121. The van der Waals surface area contributed by atoms with Crippen molar-refractivity contribution in [2.75, 3.05) is 6.54 Å². The molecule has 1 aromatic heterocycles. The maximum atomic E-state index is 12.7. The number of sulfonamides is 1. The highest BCUT2D eigenvalue weighted by Gasteiger charge is 2.43. The Balaban J connectivity index is 1.90. The zero-order valence-electron chi connectivity index (χ0n) is 11.5. The van der Waals surface area contributed by atoms with Gasteiger partial charge in [-0.15, -0.1) is 0 Å². The molecular weight excluding hydrogens is 278 g/mol. The lowest BCUT2D eigenvalue weighted by Gasteiger charge is -2.27. The van der Waals surface area contributed by atoms with Gasteiger partial charge in [-0.3, -0.25) is 9.48 Å². The van der Waals surface area contributed by atoms with Gasteiger partial charge in [0.2, 0.25) is 10.0 Å². The summed E-state index contributed by atoms with van der Waals surface area (Å²) in [5.41, 5.74) is 0. The van der Waals surface area contributed by atoms with E-state index >= 15 is 0 Å². The molecule has 0 N–H and O–H groups in total. The zero-order valence-corrected chi connectivity index (χ0v) is 12.3. The summed E-state index contributed by atoms with van der Waals surface area (Å²) in [4.78, 5) is 12.2. The average Bonchev–Trinajstić information content (AvgIpc) is 3.07. The quantitative estimate of drug-likeness (QED) is 0.832. The number of Topliss-reactive ketones (excluding diaryl/α,β-unsaturated/α-hetero) is 1. The summed E-state index contributed by atoms with van der Waals surface area (Å²) in [6.07, 6.45) is 6.82. The van der Waals surface area contributed by atoms with Crippen molar-refractivity contribution in [1.29, 1.82) is 0 Å². The van der Waals surface area contributed by atoms with Crippen molar-refractivity contribution in [3.8, 4) is 0 Å². The highest BCUT2D eigenvalue weighted by molar-refractivity contribution is 7.89. The minimum atomic E-state index is -3.53. The summed E-state index contributed by atoms with van der Waals surface area (Å²) in [6.45, 7) is 0.506. The second-order valence-corrected chi connectivity index (χ2v) is 7.53. The molecular formula is C13H19N3O3S. The van der Waals surface area contributed by atoms with E-state index in [-0.39, 0.29) is 22.6 Å². The summed E-state index contributed by atoms with van der Waals surface area (Å²) < 4.78 is 28.4. The van der Waals surface area contributed by atoms with Crippen LogP contribution in [-0.2, 0) is 21.9 Å². The van der Waals surface area contributed by atoms with Crippen LogP contribution in [0.15, 0.2) is 17.3 Å². The monoisotopic (exact) mass is 297 g/mol. The first-order valence-corrected chi connectivity index (χ1v) is 8.47. The van der Waals surface area contributed by atoms with Gasteiger partial charge in [0.15, 0.2) is 0 Å². The number of aromatic nitrogens is 2. The van der Waals surface area contributed by atoms with Crippen molar-refractivity contribution in [3.05, 3.63) is 12.4 Å². The predicted octanol–water partition coefficient (Wildman–Crippen LogP) is 0.942. The summed E-state index contributed by atoms with van der Waals surface area (Å²) in [7, 11) is -1.83. The van der Waals surface area contributed by atoms with Crippen LogP contribution in [0.25, 0.3) is 0 Å². The Morgan fingerprint density at radius 1 is 1.30 bits per heavy atom. The highest BCUT2D eigenvalue weighted by Crippen LogP contribution is 2.36. The van der Waals surface area contributed by atoms with E-state index in [0.29, 0.717) is 13.0 Å². The van der Waals surface area contributed by atoms with Crippen LogP contribution >= 0.6 is 0 Å². The normalized spacial score (nSPS) is 28.4. The molecule has 2 aliphatic rings. The largest absolute Gasteiger partial charge is 0.299 e. The molecule has 1 aliphatic heterocycles. The third-order valence-corrected chi connectivity index (χ3v) is 6.23. The van der Waals surface area contributed by atoms with Crippen LogP contribution in [0.2, 0.25) is 0 Å². The number of carbonyl (C=O) groups is 1. The minimum Gasteiger partial charge on any atom is -0.299 e. The molecule has 6 nitrogen and oxygen atoms in total. The molecule has 20 heavy (non-hydrogen) atoms. The molecule has 0 radical (unpaired) electrons. The zero-order chi connectivity index (χ0) is 14.3. The predicted molar refractivity (Wildman–Crippen MR) is 72.5 cm³/mol. The second-order valence-electron chi connectivity index (χ2n) is 5.64. The molecule has 2 unspecified atom stereocenters. The van der Waals surface area contributed by atoms with Crippen LogP contribution in [0, 0.1) is 5.92 Å². The SMILES string of the molecule is Cn1cc(S(=O)(=O)N2CCCC2C2CCCC2=O)cn1. The second kappa shape index (κ2) is 4.96. The lowest BCUT2D eigenvalue weighted by Crippen LogP contribution is -2.41. The Morgan fingerprint density at radius 3 is 2.70 bits per heavy atom. The Morgan fingerprint density at radius 2 is 2.10 bits per heavy atom. The maximum absolute atomic E-state index is 12.7. The van der Waals surface area contributed by atoms with E-state index < -0.39 is 10.0 Å². The fourth-order valence-electron chi connectivity index (χ4n) is 3.38. The summed E-state index contributed by atoms with van der Waals surface area (Å²) in [5, 5.41) is 3.94. The third-order valence-electron chi connectivity index (χ3n) is 4.35. The van der Waals surface area contributed by atoms with Crippen LogP contribution in [0.5, 0.6) is 0 Å². The van der Waals surface area contributed by atoms with Gasteiger partial charge < -0.3 is 0 Å². The Labute approximate surface area is 118 Å². The molecule has 1 aromatic rings. The molecule has 1 aliphatic carbocycles. The number of carbonyl (C=O) groups excluding carboxylic acids is 1. The Hall–Kier alpha value is -1.21. The van der Waals surface area contributed by atoms with Gasteiger partial charge in [0, 0.05) is 38.2 Å². The molecule has 1 saturated heterocycles. The molecule has 0 spiro atoms. The summed E-state index contributed by atoms with van der Waals surface area (Å²) in [5.74, 6) is 0.118. The van der Waals surface area contributed by atoms with Crippen LogP contribution < -0.4 is 0 Å². The van der Waals surface area contributed by atoms with E-state index in [1.165, 1.54) is 21.4 Å². The summed E-state index contributed by atoms with van der Waals surface area (Å²) >= 11 is 0. The minimum absolute atomic E-state index is 0.107. The van der Waals surface area contributed by atoms with Gasteiger partial charge in [0.25, 0.3) is 0 Å². The van der Waals surface area contributed by atoms with Gasteiger partial charge in [0.1, 0.15) is 10.7 Å². The first-order chi connectivity index (χ1) is 9.50. The van der Waals surface area contributed by atoms with Gasteiger partial charge in [-0.1, -0.05) is 0 Å². The van der Waals surface area contributed by atoms with Crippen molar-refractivity contribution in [2.45, 2.75) is 43.0 Å². The lowest BCUT2D eigenvalue weighted by atomic mass is 9.96. The third kappa shape index (κ3) is 2.18. The molecule has 0 aromatic carbocycles. The smallest absolute Gasteiger partial charge is 0.246 e. The molecule has 7 heteroatoms. The van der Waals surface area contributed by atoms with E-state index in [0.717, 1.165) is 25.7 Å². The highest BCUT2D eigenvalue weighted by atomic mass is 32.2. The van der Waals surface area contributed by atoms with Crippen molar-refractivity contribution in [1.82, 2.24) is 14.1 Å². The van der Waals surface area contributed by atoms with Gasteiger partial charge >= 0.3 is 0 Å². The maximum Gasteiger partial charge on any atom is 0.246 e. The molecule has 2 heterocycles. The van der Waals surface area contributed by atoms with E-state index in [4.69, 9.17) is 0 Å². The van der Waals surface area contributed by atoms with Gasteiger partial charge in [0.05, 0.1) is 6.20 Å². The van der Waals surface area contributed by atoms with E-state index in [2.05, 4.69) is 5.10 Å². The number of hydrogen-bond donors (Lipinski definition) is 0. The fourth-order valence-corrected chi connectivity index (χ4v) is 5.10. The topological polar surface area (TPSA) is 72.3 Å². The van der Waals surface area contributed by atoms with Crippen molar-refractivity contribution in [3.63, 3.8) is 0 Å². The molecule has 0 bridgehead atoms. The van der Waals surface area contributed by atoms with E-state index in [1.54, 1.807) is 7.05 Å². The number of nitrogens with zero attached hydrogens (tertiary/aromatic N) is 3. The molecule has 110 valence electrons. The van der Waals surface area contributed by atoms with E-state index in [9.17, 15) is 13.2 Å². The van der Waals surface area contributed by atoms with Crippen LogP contribution in [0.3, 0.4) is 0 Å². The fraction of sp³-hybridized carbons (Fsp3) is 0.692. The summed E-state index contributed by atoms with van der Waals surface area (Å²) in [6, 6.07) is -0.157. The van der Waals surface area contributed by atoms with Crippen molar-refractivity contribution >= 4 is 15.8 Å².